The summed E-state index contributed by atoms with van der Waals surface area (Å²) in [6.45, 7) is 6.33. The predicted octanol–water partition coefficient (Wildman–Crippen LogP) is 5.01. The Morgan fingerprint density at radius 1 is 1.21 bits per heavy atom. The molecular weight excluding hydrogens is 436 g/mol. The highest BCUT2D eigenvalue weighted by atomic mass is 79.9. The van der Waals surface area contributed by atoms with Gasteiger partial charge in [-0.25, -0.2) is 0 Å². The van der Waals surface area contributed by atoms with E-state index < -0.39 is 0 Å². The van der Waals surface area contributed by atoms with Crippen LogP contribution in [-0.4, -0.2) is 20.7 Å². The van der Waals surface area contributed by atoms with Crippen LogP contribution in [0.2, 0.25) is 0 Å². The van der Waals surface area contributed by atoms with Crippen LogP contribution in [0.5, 0.6) is 0 Å². The summed E-state index contributed by atoms with van der Waals surface area (Å²) in [5.74, 6) is 1.36. The second kappa shape index (κ2) is 9.71. The number of nitrogens with zero attached hydrogens (tertiary/aromatic N) is 3. The second-order valence-corrected chi connectivity index (χ2v) is 8.07. The van der Waals surface area contributed by atoms with E-state index in [0.29, 0.717) is 17.9 Å². The Balaban J connectivity index is 1.72. The first-order chi connectivity index (χ1) is 13.6. The smallest absolute Gasteiger partial charge is 0.251 e. The van der Waals surface area contributed by atoms with Gasteiger partial charge in [0.05, 0.1) is 6.04 Å². The largest absolute Gasteiger partial charge is 0.342 e. The van der Waals surface area contributed by atoms with Crippen LogP contribution in [0.3, 0.4) is 0 Å². The zero-order valence-electron chi connectivity index (χ0n) is 15.5. The molecule has 1 atom stereocenters. The van der Waals surface area contributed by atoms with Gasteiger partial charge in [0, 0.05) is 22.3 Å². The monoisotopic (exact) mass is 456 g/mol. The molecule has 0 radical (unpaired) electrons. The van der Waals surface area contributed by atoms with Crippen LogP contribution in [0, 0.1) is 0 Å². The van der Waals surface area contributed by atoms with E-state index in [1.165, 1.54) is 5.56 Å². The molecule has 1 amide bonds. The van der Waals surface area contributed by atoms with Crippen LogP contribution >= 0.6 is 27.7 Å². The van der Waals surface area contributed by atoms with Crippen molar-refractivity contribution in [2.75, 3.05) is 0 Å². The highest BCUT2D eigenvalue weighted by Crippen LogP contribution is 2.25. The first-order valence-corrected chi connectivity index (χ1v) is 10.6. The number of thioether (sulfide) groups is 1. The normalized spacial score (nSPS) is 11.8. The lowest BCUT2D eigenvalue weighted by molar-refractivity contribution is 0.0937. The van der Waals surface area contributed by atoms with Gasteiger partial charge in [-0.15, -0.1) is 16.8 Å². The lowest BCUT2D eigenvalue weighted by Gasteiger charge is -2.15. The number of benzene rings is 2. The zero-order chi connectivity index (χ0) is 19.9. The third kappa shape index (κ3) is 5.11. The number of carbonyl (C=O) groups is 1. The second-order valence-electron chi connectivity index (χ2n) is 6.22. The van der Waals surface area contributed by atoms with E-state index in [4.69, 9.17) is 0 Å². The first kappa shape index (κ1) is 20.4. The van der Waals surface area contributed by atoms with Gasteiger partial charge in [-0.2, -0.15) is 0 Å². The number of rotatable bonds is 8. The van der Waals surface area contributed by atoms with Gasteiger partial charge >= 0.3 is 0 Å². The molecule has 0 fully saturated rings. The van der Waals surface area contributed by atoms with E-state index in [1.54, 1.807) is 23.9 Å². The molecule has 3 rings (SSSR count). The Labute approximate surface area is 177 Å². The predicted molar refractivity (Wildman–Crippen MR) is 116 cm³/mol. The average molecular weight is 457 g/mol. The lowest BCUT2D eigenvalue weighted by atomic mass is 10.2. The van der Waals surface area contributed by atoms with Gasteiger partial charge < -0.3 is 9.88 Å². The van der Waals surface area contributed by atoms with Gasteiger partial charge in [0.1, 0.15) is 0 Å². The van der Waals surface area contributed by atoms with E-state index in [0.717, 1.165) is 15.4 Å². The molecule has 2 aromatic carbocycles. The highest BCUT2D eigenvalue weighted by Gasteiger charge is 2.19. The number of allylic oxidation sites excluding steroid dienone is 1. The van der Waals surface area contributed by atoms with Gasteiger partial charge in [-0.05, 0) is 36.8 Å². The summed E-state index contributed by atoms with van der Waals surface area (Å²) in [5, 5.41) is 12.5. The molecule has 5 nitrogen and oxygen atoms in total. The Morgan fingerprint density at radius 2 is 1.93 bits per heavy atom. The number of nitrogens with one attached hydrogen (secondary N) is 1. The number of amides is 1. The van der Waals surface area contributed by atoms with Crippen molar-refractivity contribution in [2.24, 2.45) is 0 Å². The molecule has 144 valence electrons. The standard InChI is InChI=1S/C21H21BrN4OS/c1-3-13-26-19(15(2)23-20(27)17-7-5-4-6-8-17)24-25-21(26)28-14-16-9-11-18(22)12-10-16/h3-12,15H,1,13-14H2,2H3,(H,23,27)/t15-/m0/s1. The Bertz CT molecular complexity index is 941. The molecule has 1 N–H and O–H groups in total. The number of hydrogen-bond donors (Lipinski definition) is 1. The number of aromatic nitrogens is 3. The van der Waals surface area contributed by atoms with E-state index in [9.17, 15) is 4.79 Å². The van der Waals surface area contributed by atoms with Crippen LogP contribution in [0.25, 0.3) is 0 Å². The highest BCUT2D eigenvalue weighted by molar-refractivity contribution is 9.10. The van der Waals surface area contributed by atoms with Gasteiger partial charge in [-0.3, -0.25) is 4.79 Å². The SMILES string of the molecule is C=CCn1c(SCc2ccc(Br)cc2)nnc1[C@H](C)NC(=O)c1ccccc1. The van der Waals surface area contributed by atoms with Crippen molar-refractivity contribution in [1.29, 1.82) is 0 Å². The molecule has 0 unspecified atom stereocenters. The maximum Gasteiger partial charge on any atom is 0.251 e. The van der Waals surface area contributed by atoms with Crippen molar-refractivity contribution in [2.45, 2.75) is 30.4 Å². The molecule has 0 spiro atoms. The Kier molecular flexibility index (Phi) is 7.06. The molecular formula is C21H21BrN4OS. The van der Waals surface area contributed by atoms with Gasteiger partial charge in [0.25, 0.3) is 5.91 Å². The van der Waals surface area contributed by atoms with Crippen LogP contribution in [0.4, 0.5) is 0 Å². The molecule has 0 aliphatic carbocycles. The Hall–Kier alpha value is -2.38. The molecule has 1 aromatic heterocycles. The lowest BCUT2D eigenvalue weighted by Crippen LogP contribution is -2.28. The van der Waals surface area contributed by atoms with E-state index >= 15 is 0 Å². The van der Waals surface area contributed by atoms with Crippen LogP contribution in [-0.2, 0) is 12.3 Å². The summed E-state index contributed by atoms with van der Waals surface area (Å²) in [7, 11) is 0. The topological polar surface area (TPSA) is 59.8 Å². The van der Waals surface area contributed by atoms with Crippen LogP contribution in [0.15, 0.2) is 76.9 Å². The molecule has 0 aliphatic rings. The maximum absolute atomic E-state index is 12.4. The third-order valence-corrected chi connectivity index (χ3v) is 5.68. The fraction of sp³-hybridized carbons (Fsp3) is 0.190. The molecule has 0 aliphatic heterocycles. The summed E-state index contributed by atoms with van der Waals surface area (Å²) < 4.78 is 3.05. The van der Waals surface area contributed by atoms with Crippen molar-refractivity contribution in [1.82, 2.24) is 20.1 Å². The van der Waals surface area contributed by atoms with Crippen LogP contribution in [0.1, 0.15) is 34.7 Å². The Morgan fingerprint density at radius 3 is 2.61 bits per heavy atom. The first-order valence-electron chi connectivity index (χ1n) is 8.85. The molecule has 7 heteroatoms. The van der Waals surface area contributed by atoms with Crippen molar-refractivity contribution in [3.8, 4) is 0 Å². The van der Waals surface area contributed by atoms with E-state index in [1.807, 2.05) is 47.9 Å². The minimum absolute atomic E-state index is 0.134. The minimum Gasteiger partial charge on any atom is -0.342 e. The number of hydrogen-bond acceptors (Lipinski definition) is 4. The van der Waals surface area contributed by atoms with Crippen molar-refractivity contribution in [3.63, 3.8) is 0 Å². The summed E-state index contributed by atoms with van der Waals surface area (Å²) in [4.78, 5) is 12.4. The third-order valence-electron chi connectivity index (χ3n) is 4.11. The fourth-order valence-electron chi connectivity index (χ4n) is 2.69. The van der Waals surface area contributed by atoms with Crippen molar-refractivity contribution < 1.29 is 4.79 Å². The fourth-order valence-corrected chi connectivity index (χ4v) is 3.87. The summed E-state index contributed by atoms with van der Waals surface area (Å²) in [6.07, 6.45) is 1.81. The zero-order valence-corrected chi connectivity index (χ0v) is 17.9. The van der Waals surface area contributed by atoms with Gasteiger partial charge in [-0.1, -0.05) is 64.1 Å². The minimum atomic E-state index is -0.276. The van der Waals surface area contributed by atoms with Gasteiger partial charge in [0.2, 0.25) is 0 Å². The maximum atomic E-state index is 12.4. The molecule has 0 saturated carbocycles. The average Bonchev–Trinajstić information content (AvgIpc) is 3.11. The van der Waals surface area contributed by atoms with E-state index in [2.05, 4.69) is 50.2 Å². The molecule has 1 heterocycles. The number of halogens is 1. The van der Waals surface area contributed by atoms with Gasteiger partial charge in [0.15, 0.2) is 11.0 Å². The molecule has 28 heavy (non-hydrogen) atoms. The van der Waals surface area contributed by atoms with Crippen molar-refractivity contribution in [3.05, 3.63) is 88.7 Å². The molecule has 0 saturated heterocycles. The quantitative estimate of drug-likeness (QED) is 0.382. The summed E-state index contributed by atoms with van der Waals surface area (Å²) in [6, 6.07) is 17.1. The van der Waals surface area contributed by atoms with Crippen molar-refractivity contribution >= 4 is 33.6 Å². The molecule has 0 bridgehead atoms. The summed E-state index contributed by atoms with van der Waals surface area (Å²) in [5.41, 5.74) is 1.82. The number of carbonyl (C=O) groups excluding carboxylic acids is 1. The van der Waals surface area contributed by atoms with Crippen LogP contribution < -0.4 is 5.32 Å². The van der Waals surface area contributed by atoms with E-state index in [-0.39, 0.29) is 11.9 Å². The summed E-state index contributed by atoms with van der Waals surface area (Å²) >= 11 is 5.06. The molecule has 3 aromatic rings.